The van der Waals surface area contributed by atoms with E-state index in [9.17, 15) is 0 Å². The van der Waals surface area contributed by atoms with Crippen LogP contribution in [0.2, 0.25) is 0 Å². The Morgan fingerprint density at radius 1 is 0.792 bits per heavy atom. The van der Waals surface area contributed by atoms with Gasteiger partial charge in [-0.05, 0) is 92.7 Å². The minimum Gasteiger partial charge on any atom is -0.193 e. The van der Waals surface area contributed by atoms with E-state index in [1.165, 1.54) is 56.9 Å². The highest BCUT2D eigenvalue weighted by Crippen LogP contribution is 2.44. The Bertz CT molecular complexity index is 628. The lowest BCUT2D eigenvalue weighted by molar-refractivity contribution is 0.171. The summed E-state index contributed by atoms with van der Waals surface area (Å²) in [4.78, 5) is 0. The zero-order valence-electron chi connectivity index (χ0n) is 14.3. The van der Waals surface area contributed by atoms with Gasteiger partial charge in [0.05, 0.1) is 17.7 Å². The molecule has 0 heterocycles. The molecule has 0 saturated heterocycles. The Balaban J connectivity index is 1.48. The van der Waals surface area contributed by atoms with Gasteiger partial charge in [-0.25, -0.2) is 0 Å². The van der Waals surface area contributed by atoms with Gasteiger partial charge in [0.1, 0.15) is 0 Å². The maximum Gasteiger partial charge on any atom is 0.0991 e. The monoisotopic (exact) mass is 318 g/mol. The van der Waals surface area contributed by atoms with Crippen LogP contribution in [-0.4, -0.2) is 0 Å². The van der Waals surface area contributed by atoms with E-state index in [0.29, 0.717) is 11.8 Å². The lowest BCUT2D eigenvalue weighted by Gasteiger charge is -2.37. The van der Waals surface area contributed by atoms with Crippen LogP contribution in [-0.2, 0) is 0 Å². The summed E-state index contributed by atoms with van der Waals surface area (Å²) >= 11 is 0. The predicted octanol–water partition coefficient (Wildman–Crippen LogP) is 5.72. The second-order valence-corrected chi connectivity index (χ2v) is 7.51. The van der Waals surface area contributed by atoms with Gasteiger partial charge in [-0.1, -0.05) is 18.2 Å². The molecule has 2 aliphatic carbocycles. The van der Waals surface area contributed by atoms with Gasteiger partial charge in [-0.3, -0.25) is 0 Å². The van der Waals surface area contributed by atoms with Crippen molar-refractivity contribution in [2.45, 2.75) is 57.3 Å². The molecule has 2 saturated carbocycles. The summed E-state index contributed by atoms with van der Waals surface area (Å²) in [5.74, 6) is 3.12. The molecule has 0 N–H and O–H groups in total. The standard InChI is InChI=1S/C22H26N2/c23-15-1-2-17-3-7-19(8-4-17)21-11-13-22(14-12-21)20-9-5-18(16-24)6-10-20/h1-2,5-6,9-10,17,19,21-22H,3-4,7-8,11-14H2/t17-,19-,21-,22-. The summed E-state index contributed by atoms with van der Waals surface area (Å²) in [6.07, 6.45) is 14.3. The first kappa shape index (κ1) is 16.8. The van der Waals surface area contributed by atoms with Crippen LogP contribution in [0.5, 0.6) is 0 Å². The zero-order valence-corrected chi connectivity index (χ0v) is 14.3. The van der Waals surface area contributed by atoms with Gasteiger partial charge in [0, 0.05) is 6.08 Å². The first-order valence-corrected chi connectivity index (χ1v) is 9.36. The second kappa shape index (κ2) is 8.16. The van der Waals surface area contributed by atoms with Crippen molar-refractivity contribution in [1.82, 2.24) is 0 Å². The Morgan fingerprint density at radius 3 is 1.92 bits per heavy atom. The first-order chi connectivity index (χ1) is 11.8. The second-order valence-electron chi connectivity index (χ2n) is 7.51. The Labute approximate surface area is 145 Å². The molecule has 0 amide bonds. The molecule has 0 unspecified atom stereocenters. The molecule has 0 aromatic heterocycles. The number of nitrogens with zero attached hydrogens (tertiary/aromatic N) is 2. The number of nitriles is 2. The van der Waals surface area contributed by atoms with Crippen molar-refractivity contribution in [2.75, 3.05) is 0 Å². The number of hydrogen-bond acceptors (Lipinski definition) is 2. The number of hydrogen-bond donors (Lipinski definition) is 0. The van der Waals surface area contributed by atoms with Crippen LogP contribution >= 0.6 is 0 Å². The molecule has 0 bridgehead atoms. The Kier molecular flexibility index (Phi) is 5.71. The number of allylic oxidation sites excluding steroid dienone is 2. The lowest BCUT2D eigenvalue weighted by atomic mass is 9.68. The summed E-state index contributed by atoms with van der Waals surface area (Å²) < 4.78 is 0. The molecule has 2 heteroatoms. The highest BCUT2D eigenvalue weighted by Gasteiger charge is 2.30. The van der Waals surface area contributed by atoms with Crippen LogP contribution < -0.4 is 0 Å². The van der Waals surface area contributed by atoms with Crippen LogP contribution in [0, 0.1) is 40.4 Å². The molecule has 124 valence electrons. The van der Waals surface area contributed by atoms with Crippen molar-refractivity contribution < 1.29 is 0 Å². The largest absolute Gasteiger partial charge is 0.193 e. The minimum atomic E-state index is 0.635. The molecule has 2 fully saturated rings. The van der Waals surface area contributed by atoms with E-state index in [4.69, 9.17) is 10.5 Å². The van der Waals surface area contributed by atoms with Crippen molar-refractivity contribution in [3.05, 3.63) is 47.5 Å². The van der Waals surface area contributed by atoms with Gasteiger partial charge in [0.15, 0.2) is 0 Å². The van der Waals surface area contributed by atoms with E-state index in [-0.39, 0.29) is 0 Å². The molecule has 0 aliphatic heterocycles. The fourth-order valence-electron chi connectivity index (χ4n) is 4.74. The number of rotatable bonds is 3. The van der Waals surface area contributed by atoms with Crippen LogP contribution in [0.3, 0.4) is 0 Å². The average molecular weight is 318 g/mol. The van der Waals surface area contributed by atoms with Crippen molar-refractivity contribution in [1.29, 1.82) is 10.5 Å². The normalized spacial score (nSPS) is 30.6. The summed E-state index contributed by atoms with van der Waals surface area (Å²) in [5, 5.41) is 17.6. The van der Waals surface area contributed by atoms with E-state index in [2.05, 4.69) is 30.3 Å². The molecule has 3 rings (SSSR count). The van der Waals surface area contributed by atoms with Crippen LogP contribution in [0.15, 0.2) is 36.4 Å². The molecular weight excluding hydrogens is 292 g/mol. The minimum absolute atomic E-state index is 0.635. The average Bonchev–Trinajstić information content (AvgIpc) is 2.67. The maximum atomic E-state index is 8.91. The van der Waals surface area contributed by atoms with E-state index in [1.54, 1.807) is 6.08 Å². The van der Waals surface area contributed by atoms with Gasteiger partial charge >= 0.3 is 0 Å². The maximum absolute atomic E-state index is 8.91. The van der Waals surface area contributed by atoms with Gasteiger partial charge in [-0.2, -0.15) is 10.5 Å². The smallest absolute Gasteiger partial charge is 0.0991 e. The SMILES string of the molecule is N#CC=C[C@H]1CC[C@H]([C@H]2CC[C@H](c3ccc(C#N)cc3)CC2)CC1. The van der Waals surface area contributed by atoms with Gasteiger partial charge in [0.25, 0.3) is 0 Å². The van der Waals surface area contributed by atoms with Crippen LogP contribution in [0.4, 0.5) is 0 Å². The molecule has 0 atom stereocenters. The van der Waals surface area contributed by atoms with Crippen molar-refractivity contribution >= 4 is 0 Å². The molecular formula is C22H26N2. The third-order valence-electron chi connectivity index (χ3n) is 6.21. The molecule has 24 heavy (non-hydrogen) atoms. The molecule has 1 aromatic rings. The molecule has 0 radical (unpaired) electrons. The van der Waals surface area contributed by atoms with E-state index in [0.717, 1.165) is 17.4 Å². The van der Waals surface area contributed by atoms with Gasteiger partial charge in [0.2, 0.25) is 0 Å². The van der Waals surface area contributed by atoms with Gasteiger partial charge in [-0.15, -0.1) is 0 Å². The summed E-state index contributed by atoms with van der Waals surface area (Å²) in [5.41, 5.74) is 2.17. The van der Waals surface area contributed by atoms with E-state index < -0.39 is 0 Å². The van der Waals surface area contributed by atoms with Crippen LogP contribution in [0.25, 0.3) is 0 Å². The molecule has 0 spiro atoms. The van der Waals surface area contributed by atoms with Gasteiger partial charge < -0.3 is 0 Å². The summed E-state index contributed by atoms with van der Waals surface area (Å²) in [6, 6.07) is 12.5. The third-order valence-corrected chi connectivity index (χ3v) is 6.21. The highest BCUT2D eigenvalue weighted by atomic mass is 14.4. The Hall–Kier alpha value is -2.06. The quantitative estimate of drug-likeness (QED) is 0.669. The third kappa shape index (κ3) is 4.07. The summed E-state index contributed by atoms with van der Waals surface area (Å²) in [6.45, 7) is 0. The lowest BCUT2D eigenvalue weighted by Crippen LogP contribution is -2.25. The molecule has 1 aromatic carbocycles. The van der Waals surface area contributed by atoms with Crippen molar-refractivity contribution in [3.8, 4) is 12.1 Å². The fourth-order valence-corrected chi connectivity index (χ4v) is 4.74. The fraction of sp³-hybridized carbons (Fsp3) is 0.545. The van der Waals surface area contributed by atoms with Crippen molar-refractivity contribution in [2.24, 2.45) is 17.8 Å². The van der Waals surface area contributed by atoms with Crippen LogP contribution in [0.1, 0.15) is 68.4 Å². The topological polar surface area (TPSA) is 47.6 Å². The zero-order chi connectivity index (χ0) is 16.8. The van der Waals surface area contributed by atoms with Crippen molar-refractivity contribution in [3.63, 3.8) is 0 Å². The first-order valence-electron chi connectivity index (χ1n) is 9.36. The Morgan fingerprint density at radius 2 is 1.38 bits per heavy atom. The molecule has 2 nitrogen and oxygen atoms in total. The highest BCUT2D eigenvalue weighted by molar-refractivity contribution is 5.33. The molecule has 2 aliphatic rings. The van der Waals surface area contributed by atoms with E-state index >= 15 is 0 Å². The summed E-state index contributed by atoms with van der Waals surface area (Å²) in [7, 11) is 0. The predicted molar refractivity (Wildman–Crippen MR) is 96.1 cm³/mol. The van der Waals surface area contributed by atoms with E-state index in [1.807, 2.05) is 12.1 Å². The number of benzene rings is 1.